The van der Waals surface area contributed by atoms with Gasteiger partial charge in [-0.2, -0.15) is 0 Å². The van der Waals surface area contributed by atoms with Crippen LogP contribution in [0.5, 0.6) is 0 Å². The second-order valence-electron chi connectivity index (χ2n) is 4.78. The van der Waals surface area contributed by atoms with Crippen molar-refractivity contribution < 1.29 is 14.7 Å². The van der Waals surface area contributed by atoms with E-state index >= 15 is 0 Å². The van der Waals surface area contributed by atoms with Crippen LogP contribution in [0.1, 0.15) is 20.3 Å². The van der Waals surface area contributed by atoms with E-state index in [1.165, 1.54) is 12.1 Å². The minimum atomic E-state index is -1.02. The van der Waals surface area contributed by atoms with Gasteiger partial charge in [0.2, 0.25) is 0 Å². The zero-order valence-electron chi connectivity index (χ0n) is 10.8. The molecule has 0 atom stereocenters. The number of hydrogen-bond donors (Lipinski definition) is 3. The lowest BCUT2D eigenvalue weighted by molar-refractivity contribution is -0.138. The molecule has 2 amide bonds. The Balaban J connectivity index is 2.79. The van der Waals surface area contributed by atoms with E-state index in [2.05, 4.69) is 10.6 Å². The van der Waals surface area contributed by atoms with E-state index in [0.29, 0.717) is 5.02 Å². The molecule has 0 saturated carbocycles. The molecule has 0 unspecified atom stereocenters. The van der Waals surface area contributed by atoms with Gasteiger partial charge in [0.05, 0.1) is 22.2 Å². The number of urea groups is 1. The summed E-state index contributed by atoms with van der Waals surface area (Å²) in [5.41, 5.74) is -0.706. The van der Waals surface area contributed by atoms with Crippen LogP contribution in [-0.4, -0.2) is 22.6 Å². The van der Waals surface area contributed by atoms with Crippen LogP contribution in [0.2, 0.25) is 15.1 Å². The third kappa shape index (κ3) is 5.07. The van der Waals surface area contributed by atoms with Crippen LogP contribution >= 0.6 is 34.8 Å². The van der Waals surface area contributed by atoms with Crippen molar-refractivity contribution in [2.24, 2.45) is 0 Å². The summed E-state index contributed by atoms with van der Waals surface area (Å²) in [5, 5.41) is 14.5. The molecule has 0 spiro atoms. The third-order valence-corrected chi connectivity index (χ3v) is 3.10. The summed E-state index contributed by atoms with van der Waals surface area (Å²) in [7, 11) is 0. The number of aliphatic carboxylic acids is 1. The largest absolute Gasteiger partial charge is 0.481 e. The molecular formula is C12H13Cl3N2O3. The van der Waals surface area contributed by atoms with Gasteiger partial charge >= 0.3 is 12.0 Å². The number of nitrogens with one attached hydrogen (secondary N) is 2. The molecule has 1 aromatic rings. The fourth-order valence-corrected chi connectivity index (χ4v) is 2.45. The van der Waals surface area contributed by atoms with Gasteiger partial charge < -0.3 is 15.7 Å². The van der Waals surface area contributed by atoms with Gasteiger partial charge in [0, 0.05) is 10.6 Å². The first-order chi connectivity index (χ1) is 9.10. The molecule has 0 radical (unpaired) electrons. The number of anilines is 1. The lowest BCUT2D eigenvalue weighted by atomic mass is 10.0. The number of rotatable bonds is 4. The van der Waals surface area contributed by atoms with E-state index in [9.17, 15) is 9.59 Å². The average Bonchev–Trinajstić information content (AvgIpc) is 2.20. The summed E-state index contributed by atoms with van der Waals surface area (Å²) in [4.78, 5) is 22.5. The van der Waals surface area contributed by atoms with Crippen molar-refractivity contribution in [3.63, 3.8) is 0 Å². The summed E-state index contributed by atoms with van der Waals surface area (Å²) < 4.78 is 0. The van der Waals surface area contributed by atoms with Crippen molar-refractivity contribution in [1.82, 2.24) is 5.32 Å². The first kappa shape index (κ1) is 16.9. The van der Waals surface area contributed by atoms with E-state index in [1.807, 2.05) is 0 Å². The van der Waals surface area contributed by atoms with Crippen molar-refractivity contribution in [3.05, 3.63) is 27.2 Å². The Labute approximate surface area is 131 Å². The molecule has 110 valence electrons. The number of amides is 2. The molecule has 0 bridgehead atoms. The Hall–Kier alpha value is -1.17. The van der Waals surface area contributed by atoms with Crippen molar-refractivity contribution in [1.29, 1.82) is 0 Å². The predicted molar refractivity (Wildman–Crippen MR) is 80.0 cm³/mol. The number of carbonyl (C=O) groups is 2. The quantitative estimate of drug-likeness (QED) is 0.775. The van der Waals surface area contributed by atoms with Crippen LogP contribution in [0.25, 0.3) is 0 Å². The highest BCUT2D eigenvalue weighted by Crippen LogP contribution is 2.33. The maximum Gasteiger partial charge on any atom is 0.319 e. The number of carboxylic acid groups (broad SMARTS) is 1. The summed E-state index contributed by atoms with van der Waals surface area (Å²) in [6.07, 6.45) is -0.220. The fourth-order valence-electron chi connectivity index (χ4n) is 1.54. The first-order valence-electron chi connectivity index (χ1n) is 5.56. The summed E-state index contributed by atoms with van der Waals surface area (Å²) in [5.74, 6) is -1.02. The molecule has 20 heavy (non-hydrogen) atoms. The van der Waals surface area contributed by atoms with Crippen LogP contribution in [-0.2, 0) is 4.79 Å². The van der Waals surface area contributed by atoms with E-state index in [-0.39, 0.29) is 22.2 Å². The molecule has 1 rings (SSSR count). The molecule has 0 saturated heterocycles. The van der Waals surface area contributed by atoms with Crippen LogP contribution in [0.4, 0.5) is 10.5 Å². The van der Waals surface area contributed by atoms with Gasteiger partial charge in [-0.3, -0.25) is 4.79 Å². The van der Waals surface area contributed by atoms with Crippen LogP contribution < -0.4 is 10.6 Å². The Morgan fingerprint density at radius 1 is 1.20 bits per heavy atom. The number of benzene rings is 1. The zero-order chi connectivity index (χ0) is 15.5. The molecule has 5 nitrogen and oxygen atoms in total. The van der Waals surface area contributed by atoms with E-state index < -0.39 is 17.5 Å². The normalized spacial score (nSPS) is 11.1. The number of carbonyl (C=O) groups excluding carboxylic acids is 1. The smallest absolute Gasteiger partial charge is 0.319 e. The second-order valence-corrected chi connectivity index (χ2v) is 6.03. The first-order valence-corrected chi connectivity index (χ1v) is 6.69. The molecule has 0 heterocycles. The summed E-state index contributed by atoms with van der Waals surface area (Å²) in [6.45, 7) is 3.18. The summed E-state index contributed by atoms with van der Waals surface area (Å²) in [6, 6.07) is 2.27. The maximum absolute atomic E-state index is 11.8. The van der Waals surface area contributed by atoms with E-state index in [4.69, 9.17) is 39.9 Å². The van der Waals surface area contributed by atoms with Crippen molar-refractivity contribution in [3.8, 4) is 0 Å². The van der Waals surface area contributed by atoms with Crippen LogP contribution in [0.15, 0.2) is 12.1 Å². The zero-order valence-corrected chi connectivity index (χ0v) is 13.0. The van der Waals surface area contributed by atoms with Crippen LogP contribution in [0.3, 0.4) is 0 Å². The molecule has 0 aromatic heterocycles. The minimum Gasteiger partial charge on any atom is -0.481 e. The van der Waals surface area contributed by atoms with Crippen molar-refractivity contribution in [2.45, 2.75) is 25.8 Å². The monoisotopic (exact) mass is 338 g/mol. The predicted octanol–water partition coefficient (Wildman–Crippen LogP) is 4.02. The molecule has 0 fully saturated rings. The highest BCUT2D eigenvalue weighted by Gasteiger charge is 2.24. The Kier molecular flexibility index (Phi) is 5.50. The average molecular weight is 340 g/mol. The molecule has 1 aromatic carbocycles. The molecule has 8 heteroatoms. The Morgan fingerprint density at radius 3 is 2.15 bits per heavy atom. The standard InChI is InChI=1S/C12H13Cl3N2O3/c1-12(2,5-9(18)19)17-11(20)16-10-7(14)3-6(13)4-8(10)15/h3-4H,5H2,1-2H3,(H,18,19)(H2,16,17,20). The molecule has 0 aliphatic heterocycles. The van der Waals surface area contributed by atoms with Gasteiger partial charge in [0.1, 0.15) is 0 Å². The molecular weight excluding hydrogens is 327 g/mol. The van der Waals surface area contributed by atoms with Crippen molar-refractivity contribution >= 4 is 52.5 Å². The third-order valence-electron chi connectivity index (χ3n) is 2.29. The fraction of sp³-hybridized carbons (Fsp3) is 0.333. The molecule has 3 N–H and O–H groups in total. The van der Waals surface area contributed by atoms with Gasteiger partial charge in [-0.05, 0) is 26.0 Å². The number of halogens is 3. The Morgan fingerprint density at radius 2 is 1.70 bits per heavy atom. The second kappa shape index (κ2) is 6.52. The maximum atomic E-state index is 11.8. The van der Waals surface area contributed by atoms with Gasteiger partial charge in [-0.1, -0.05) is 34.8 Å². The topological polar surface area (TPSA) is 78.4 Å². The SMILES string of the molecule is CC(C)(CC(=O)O)NC(=O)Nc1c(Cl)cc(Cl)cc1Cl. The number of hydrogen-bond acceptors (Lipinski definition) is 2. The van der Waals surface area contributed by atoms with E-state index in [0.717, 1.165) is 0 Å². The Bertz CT molecular complexity index is 524. The highest BCUT2D eigenvalue weighted by molar-refractivity contribution is 6.42. The van der Waals surface area contributed by atoms with Gasteiger partial charge in [-0.25, -0.2) is 4.79 Å². The van der Waals surface area contributed by atoms with E-state index in [1.54, 1.807) is 13.8 Å². The lowest BCUT2D eigenvalue weighted by Crippen LogP contribution is -2.46. The van der Waals surface area contributed by atoms with Gasteiger partial charge in [0.15, 0.2) is 0 Å². The highest BCUT2D eigenvalue weighted by atomic mass is 35.5. The molecule has 0 aliphatic carbocycles. The van der Waals surface area contributed by atoms with Crippen molar-refractivity contribution in [2.75, 3.05) is 5.32 Å². The minimum absolute atomic E-state index is 0.189. The van der Waals surface area contributed by atoms with Gasteiger partial charge in [-0.15, -0.1) is 0 Å². The number of carboxylic acids is 1. The molecule has 0 aliphatic rings. The van der Waals surface area contributed by atoms with Crippen LogP contribution in [0, 0.1) is 0 Å². The lowest BCUT2D eigenvalue weighted by Gasteiger charge is -2.24. The summed E-state index contributed by atoms with van der Waals surface area (Å²) >= 11 is 17.6. The van der Waals surface area contributed by atoms with Gasteiger partial charge in [0.25, 0.3) is 0 Å².